The van der Waals surface area contributed by atoms with E-state index in [1.807, 2.05) is 5.38 Å². The zero-order chi connectivity index (χ0) is 11.2. The molecule has 0 saturated heterocycles. The van der Waals surface area contributed by atoms with E-state index in [-0.39, 0.29) is 4.87 Å². The van der Waals surface area contributed by atoms with Gasteiger partial charge >= 0.3 is 4.87 Å². The van der Waals surface area contributed by atoms with Crippen LogP contribution in [0.15, 0.2) is 10.2 Å². The molecule has 90 valence electrons. The third-order valence-electron chi connectivity index (χ3n) is 3.29. The van der Waals surface area contributed by atoms with E-state index < -0.39 is 0 Å². The zero-order valence-electron chi connectivity index (χ0n) is 9.63. The van der Waals surface area contributed by atoms with E-state index in [4.69, 9.17) is 0 Å². The minimum atomic E-state index is 0.0475. The summed E-state index contributed by atoms with van der Waals surface area (Å²) in [6, 6.07) is 0. The molecule has 3 nitrogen and oxygen atoms in total. The molecule has 0 aliphatic heterocycles. The van der Waals surface area contributed by atoms with Crippen molar-refractivity contribution in [2.75, 3.05) is 6.54 Å². The maximum Gasteiger partial charge on any atom is 0.304 e. The van der Waals surface area contributed by atoms with E-state index in [9.17, 15) is 4.79 Å². The Labute approximate surface area is 100 Å². The highest BCUT2D eigenvalue weighted by Gasteiger charge is 2.11. The van der Waals surface area contributed by atoms with E-state index in [2.05, 4.69) is 10.3 Å². The van der Waals surface area contributed by atoms with Crippen molar-refractivity contribution in [1.82, 2.24) is 10.3 Å². The summed E-state index contributed by atoms with van der Waals surface area (Å²) in [6.45, 7) is 1.90. The minimum absolute atomic E-state index is 0.0475. The molecule has 1 aliphatic carbocycles. The van der Waals surface area contributed by atoms with Gasteiger partial charge in [0.15, 0.2) is 0 Å². The summed E-state index contributed by atoms with van der Waals surface area (Å²) in [6.07, 6.45) is 8.34. The molecule has 0 spiro atoms. The van der Waals surface area contributed by atoms with E-state index in [1.165, 1.54) is 49.9 Å². The van der Waals surface area contributed by atoms with Crippen LogP contribution in [-0.2, 0) is 6.54 Å². The summed E-state index contributed by atoms with van der Waals surface area (Å²) in [5, 5.41) is 5.35. The molecule has 1 aromatic rings. The highest BCUT2D eigenvalue weighted by Crippen LogP contribution is 2.22. The van der Waals surface area contributed by atoms with Gasteiger partial charge in [-0.3, -0.25) is 4.79 Å². The molecule has 0 bridgehead atoms. The third-order valence-corrected chi connectivity index (χ3v) is 4.01. The number of hydrogen-bond acceptors (Lipinski definition) is 3. The fraction of sp³-hybridized carbons (Fsp3) is 0.750. The lowest BCUT2D eigenvalue weighted by atomic mass is 10.0. The number of rotatable bonds is 4. The normalized spacial score (nSPS) is 18.5. The second-order valence-electron chi connectivity index (χ2n) is 4.66. The average molecular weight is 240 g/mol. The van der Waals surface area contributed by atoms with Crippen molar-refractivity contribution in [3.05, 3.63) is 20.7 Å². The molecule has 0 radical (unpaired) electrons. The van der Waals surface area contributed by atoms with Gasteiger partial charge in [-0.1, -0.05) is 37.0 Å². The molecule has 0 aromatic carbocycles. The van der Waals surface area contributed by atoms with Crippen molar-refractivity contribution < 1.29 is 0 Å². The van der Waals surface area contributed by atoms with Gasteiger partial charge in [-0.2, -0.15) is 0 Å². The van der Waals surface area contributed by atoms with Crippen LogP contribution in [0.3, 0.4) is 0 Å². The Hall–Kier alpha value is -0.610. The predicted octanol–water partition coefficient (Wildman–Crippen LogP) is 2.50. The monoisotopic (exact) mass is 240 g/mol. The van der Waals surface area contributed by atoms with Gasteiger partial charge in [0, 0.05) is 17.6 Å². The van der Waals surface area contributed by atoms with Crippen LogP contribution in [0.1, 0.15) is 44.2 Å². The lowest BCUT2D eigenvalue weighted by Crippen LogP contribution is -2.22. The molecule has 0 unspecified atom stereocenters. The Kier molecular flexibility index (Phi) is 4.60. The summed E-state index contributed by atoms with van der Waals surface area (Å²) in [5.41, 5.74) is 1.02. The van der Waals surface area contributed by atoms with Gasteiger partial charge in [-0.25, -0.2) is 0 Å². The predicted molar refractivity (Wildman–Crippen MR) is 67.8 cm³/mol. The Morgan fingerprint density at radius 2 is 2.06 bits per heavy atom. The van der Waals surface area contributed by atoms with Gasteiger partial charge in [0.2, 0.25) is 0 Å². The Morgan fingerprint density at radius 3 is 2.69 bits per heavy atom. The lowest BCUT2D eigenvalue weighted by Gasteiger charge is -2.14. The molecule has 1 saturated carbocycles. The summed E-state index contributed by atoms with van der Waals surface area (Å²) >= 11 is 1.24. The number of H-pyrrole nitrogens is 1. The van der Waals surface area contributed by atoms with Crippen molar-refractivity contribution in [3.8, 4) is 0 Å². The van der Waals surface area contributed by atoms with Gasteiger partial charge in [-0.05, 0) is 25.3 Å². The molecule has 16 heavy (non-hydrogen) atoms. The van der Waals surface area contributed by atoms with Crippen molar-refractivity contribution in [2.24, 2.45) is 5.92 Å². The van der Waals surface area contributed by atoms with Crippen LogP contribution in [0.5, 0.6) is 0 Å². The Morgan fingerprint density at radius 1 is 1.31 bits per heavy atom. The van der Waals surface area contributed by atoms with E-state index in [1.54, 1.807) is 0 Å². The first-order valence-electron chi connectivity index (χ1n) is 6.22. The number of nitrogens with one attached hydrogen (secondary N) is 2. The highest BCUT2D eigenvalue weighted by molar-refractivity contribution is 7.07. The SMILES string of the molecule is O=c1[nH]c(CNCC2CCCCCC2)cs1. The number of thiazole rings is 1. The van der Waals surface area contributed by atoms with Gasteiger partial charge in [-0.15, -0.1) is 0 Å². The van der Waals surface area contributed by atoms with Gasteiger partial charge < -0.3 is 10.3 Å². The third kappa shape index (κ3) is 3.76. The molecule has 2 N–H and O–H groups in total. The Bertz CT molecular complexity index is 350. The quantitative estimate of drug-likeness (QED) is 0.794. The number of aromatic amines is 1. The smallest absolute Gasteiger partial charge is 0.304 e. The molecule has 1 aliphatic rings. The Balaban J connectivity index is 1.68. The summed E-state index contributed by atoms with van der Waals surface area (Å²) in [5.74, 6) is 0.841. The highest BCUT2D eigenvalue weighted by atomic mass is 32.1. The maximum atomic E-state index is 10.9. The van der Waals surface area contributed by atoms with Crippen LogP contribution < -0.4 is 10.2 Å². The molecule has 1 fully saturated rings. The van der Waals surface area contributed by atoms with Crippen LogP contribution in [0.2, 0.25) is 0 Å². The average Bonchev–Trinajstić information content (AvgIpc) is 2.54. The standard InChI is InChI=1S/C12H20N2OS/c15-12-14-11(9-16-12)8-13-7-10-5-3-1-2-4-6-10/h9-10,13H,1-8H2,(H,14,15). The fourth-order valence-corrected chi connectivity index (χ4v) is 2.96. The lowest BCUT2D eigenvalue weighted by molar-refractivity contribution is 0.424. The summed E-state index contributed by atoms with van der Waals surface area (Å²) in [4.78, 5) is 13.8. The molecule has 1 heterocycles. The largest absolute Gasteiger partial charge is 0.315 e. The van der Waals surface area contributed by atoms with Gasteiger partial charge in [0.05, 0.1) is 0 Å². The molecule has 4 heteroatoms. The molecule has 2 rings (SSSR count). The first kappa shape index (κ1) is 11.9. The minimum Gasteiger partial charge on any atom is -0.315 e. The fourth-order valence-electron chi connectivity index (χ4n) is 2.38. The molecule has 0 amide bonds. The first-order chi connectivity index (χ1) is 7.84. The van der Waals surface area contributed by atoms with Crippen LogP contribution in [0, 0.1) is 5.92 Å². The van der Waals surface area contributed by atoms with Crippen LogP contribution in [-0.4, -0.2) is 11.5 Å². The zero-order valence-corrected chi connectivity index (χ0v) is 10.4. The van der Waals surface area contributed by atoms with E-state index in [0.29, 0.717) is 0 Å². The first-order valence-corrected chi connectivity index (χ1v) is 7.10. The second kappa shape index (κ2) is 6.21. The summed E-state index contributed by atoms with van der Waals surface area (Å²) in [7, 11) is 0. The van der Waals surface area contributed by atoms with Crippen LogP contribution in [0.4, 0.5) is 0 Å². The molecule has 0 atom stereocenters. The molecular formula is C12H20N2OS. The summed E-state index contributed by atoms with van der Waals surface area (Å²) < 4.78 is 0. The van der Waals surface area contributed by atoms with Gasteiger partial charge in [0.1, 0.15) is 0 Å². The van der Waals surface area contributed by atoms with Crippen LogP contribution in [0.25, 0.3) is 0 Å². The molecule has 1 aromatic heterocycles. The van der Waals surface area contributed by atoms with Crippen molar-refractivity contribution in [3.63, 3.8) is 0 Å². The van der Waals surface area contributed by atoms with Crippen molar-refractivity contribution >= 4 is 11.3 Å². The topological polar surface area (TPSA) is 44.9 Å². The maximum absolute atomic E-state index is 10.9. The molecular weight excluding hydrogens is 220 g/mol. The van der Waals surface area contributed by atoms with E-state index >= 15 is 0 Å². The van der Waals surface area contributed by atoms with Crippen molar-refractivity contribution in [2.45, 2.75) is 45.1 Å². The van der Waals surface area contributed by atoms with Crippen molar-refractivity contribution in [1.29, 1.82) is 0 Å². The van der Waals surface area contributed by atoms with Crippen LogP contribution >= 0.6 is 11.3 Å². The second-order valence-corrected chi connectivity index (χ2v) is 5.50. The number of aromatic nitrogens is 1. The van der Waals surface area contributed by atoms with Gasteiger partial charge in [0.25, 0.3) is 0 Å². The van der Waals surface area contributed by atoms with E-state index in [0.717, 1.165) is 24.7 Å². The number of hydrogen-bond donors (Lipinski definition) is 2.